The van der Waals surface area contributed by atoms with Crippen molar-refractivity contribution in [3.8, 4) is 11.8 Å². The Hall–Kier alpha value is -2.95. The fourth-order valence-electron chi connectivity index (χ4n) is 3.51. The van der Waals surface area contributed by atoms with Gasteiger partial charge in [0, 0.05) is 35.5 Å². The normalized spacial score (nSPS) is 17.9. The predicted octanol–water partition coefficient (Wildman–Crippen LogP) is 1.80. The van der Waals surface area contributed by atoms with Crippen LogP contribution in [0, 0.1) is 11.8 Å². The molecule has 0 spiro atoms. The molecule has 2 saturated heterocycles. The second kappa shape index (κ2) is 8.38. The molecule has 28 heavy (non-hydrogen) atoms. The molecule has 2 fully saturated rings. The van der Waals surface area contributed by atoms with Gasteiger partial charge in [-0.3, -0.25) is 20.0 Å². The third-order valence-corrected chi connectivity index (χ3v) is 4.99. The zero-order chi connectivity index (χ0) is 19.3. The first-order valence-electron chi connectivity index (χ1n) is 9.51. The summed E-state index contributed by atoms with van der Waals surface area (Å²) in [6.07, 6.45) is 6.03. The average molecular weight is 378 g/mol. The van der Waals surface area contributed by atoms with E-state index in [9.17, 15) is 9.59 Å². The number of fused-ring (bicyclic) bond motifs is 1. The van der Waals surface area contributed by atoms with E-state index >= 15 is 0 Å². The van der Waals surface area contributed by atoms with Crippen LogP contribution in [-0.4, -0.2) is 49.3 Å². The van der Waals surface area contributed by atoms with Gasteiger partial charge in [0.25, 0.3) is 0 Å². The Bertz CT molecular complexity index is 957. The van der Waals surface area contributed by atoms with Crippen LogP contribution in [0.4, 0.5) is 10.5 Å². The first-order chi connectivity index (χ1) is 13.7. The minimum absolute atomic E-state index is 0.251. The van der Waals surface area contributed by atoms with Crippen molar-refractivity contribution in [2.75, 3.05) is 31.1 Å². The number of piperidine rings is 1. The van der Waals surface area contributed by atoms with E-state index < -0.39 is 6.03 Å². The third kappa shape index (κ3) is 4.14. The Balaban J connectivity index is 1.48. The second-order valence-corrected chi connectivity index (χ2v) is 6.91. The number of urea groups is 1. The maximum atomic E-state index is 12.1. The van der Waals surface area contributed by atoms with E-state index in [0.29, 0.717) is 24.9 Å². The topological polar surface area (TPSA) is 83.6 Å². The fraction of sp³-hybridized carbons (Fsp3) is 0.381. The Morgan fingerprint density at radius 1 is 1.21 bits per heavy atom. The molecule has 2 aliphatic rings. The number of amides is 3. The molecule has 0 radical (unpaired) electrons. The molecule has 2 aromatic rings. The summed E-state index contributed by atoms with van der Waals surface area (Å²) in [5, 5.41) is 7.46. The molecule has 0 bridgehead atoms. The smallest absolute Gasteiger partial charge is 0.328 e. The van der Waals surface area contributed by atoms with Crippen LogP contribution < -0.4 is 15.5 Å². The molecule has 0 atom stereocenters. The number of carbonyl (C=O) groups excluding carboxylic acids is 2. The Kier molecular flexibility index (Phi) is 5.51. The van der Waals surface area contributed by atoms with E-state index in [2.05, 4.69) is 27.5 Å². The molecule has 0 unspecified atom stereocenters. The van der Waals surface area contributed by atoms with Crippen LogP contribution in [-0.2, 0) is 9.53 Å². The number of pyridine rings is 1. The quantitative estimate of drug-likeness (QED) is 0.796. The van der Waals surface area contributed by atoms with Crippen LogP contribution in [0.3, 0.4) is 0 Å². The summed E-state index contributed by atoms with van der Waals surface area (Å²) in [6.45, 7) is 2.77. The summed E-state index contributed by atoms with van der Waals surface area (Å²) in [7, 11) is 0. The van der Waals surface area contributed by atoms with E-state index in [1.54, 1.807) is 17.3 Å². The minimum atomic E-state index is -0.413. The fourth-order valence-corrected chi connectivity index (χ4v) is 3.51. The molecule has 144 valence electrons. The molecule has 7 nitrogen and oxygen atoms in total. The summed E-state index contributed by atoms with van der Waals surface area (Å²) < 4.78 is 5.81. The monoisotopic (exact) mass is 378 g/mol. The number of hydrogen-bond donors (Lipinski definition) is 2. The maximum absolute atomic E-state index is 12.1. The van der Waals surface area contributed by atoms with Crippen molar-refractivity contribution in [2.45, 2.75) is 25.4 Å². The van der Waals surface area contributed by atoms with Crippen LogP contribution in [0.25, 0.3) is 10.8 Å². The van der Waals surface area contributed by atoms with Gasteiger partial charge in [-0.1, -0.05) is 17.9 Å². The highest BCUT2D eigenvalue weighted by Crippen LogP contribution is 2.27. The molecule has 2 aliphatic heterocycles. The summed E-state index contributed by atoms with van der Waals surface area (Å²) in [6, 6.07) is 5.41. The summed E-state index contributed by atoms with van der Waals surface area (Å²) in [5.41, 5.74) is 1.56. The van der Waals surface area contributed by atoms with Gasteiger partial charge in [-0.25, -0.2) is 4.79 Å². The van der Waals surface area contributed by atoms with Crippen molar-refractivity contribution >= 4 is 28.4 Å². The average Bonchev–Trinajstić information content (AvgIpc) is 2.72. The van der Waals surface area contributed by atoms with E-state index in [1.807, 2.05) is 18.2 Å². The number of nitrogens with zero attached hydrogens (tertiary/aromatic N) is 2. The predicted molar refractivity (Wildman–Crippen MR) is 106 cm³/mol. The summed E-state index contributed by atoms with van der Waals surface area (Å²) in [5.74, 6) is 5.96. The number of carbonyl (C=O) groups is 2. The van der Waals surface area contributed by atoms with Gasteiger partial charge in [-0.2, -0.15) is 0 Å². The summed E-state index contributed by atoms with van der Waals surface area (Å²) in [4.78, 5) is 29.3. The molecule has 7 heteroatoms. The molecular formula is C21H22N4O3. The second-order valence-electron chi connectivity index (χ2n) is 6.91. The Labute approximate surface area is 163 Å². The molecule has 3 amide bonds. The molecular weight excluding hydrogens is 356 g/mol. The molecule has 3 heterocycles. The molecule has 1 aromatic carbocycles. The molecule has 2 N–H and O–H groups in total. The van der Waals surface area contributed by atoms with E-state index in [-0.39, 0.29) is 12.3 Å². The Morgan fingerprint density at radius 2 is 2.07 bits per heavy atom. The maximum Gasteiger partial charge on any atom is 0.328 e. The number of anilines is 1. The van der Waals surface area contributed by atoms with Crippen molar-refractivity contribution in [3.05, 3.63) is 36.2 Å². The van der Waals surface area contributed by atoms with E-state index in [4.69, 9.17) is 4.74 Å². The van der Waals surface area contributed by atoms with Crippen LogP contribution in [0.5, 0.6) is 0 Å². The Morgan fingerprint density at radius 3 is 2.89 bits per heavy atom. The minimum Gasteiger partial charge on any atom is -0.365 e. The standard InChI is InChI=1S/C21H22N4O3/c26-20-7-10-25(21(27)24-20)19-14-23-13-16-12-15(3-4-18(16)19)2-1-11-28-17-5-8-22-9-6-17/h3-4,12-14,17,22H,5-11H2,(H,24,26,27). The van der Waals surface area contributed by atoms with Crippen molar-refractivity contribution < 1.29 is 14.3 Å². The highest BCUT2D eigenvalue weighted by molar-refractivity contribution is 6.09. The van der Waals surface area contributed by atoms with Gasteiger partial charge < -0.3 is 10.1 Å². The van der Waals surface area contributed by atoms with E-state index in [0.717, 1.165) is 42.3 Å². The van der Waals surface area contributed by atoms with Crippen LogP contribution in [0.2, 0.25) is 0 Å². The number of hydrogen-bond acceptors (Lipinski definition) is 5. The van der Waals surface area contributed by atoms with Gasteiger partial charge in [0.1, 0.15) is 6.61 Å². The van der Waals surface area contributed by atoms with Gasteiger partial charge in [-0.05, 0) is 38.1 Å². The zero-order valence-electron chi connectivity index (χ0n) is 15.5. The van der Waals surface area contributed by atoms with Gasteiger partial charge in [0.15, 0.2) is 0 Å². The van der Waals surface area contributed by atoms with Crippen LogP contribution in [0.1, 0.15) is 24.8 Å². The van der Waals surface area contributed by atoms with E-state index in [1.165, 1.54) is 0 Å². The number of rotatable bonds is 3. The van der Waals surface area contributed by atoms with Crippen molar-refractivity contribution in [1.29, 1.82) is 0 Å². The number of nitrogens with one attached hydrogen (secondary N) is 2. The van der Waals surface area contributed by atoms with Crippen molar-refractivity contribution in [1.82, 2.24) is 15.6 Å². The van der Waals surface area contributed by atoms with Gasteiger partial charge in [0.2, 0.25) is 5.91 Å². The lowest BCUT2D eigenvalue weighted by atomic mass is 10.1. The molecule has 1 aromatic heterocycles. The third-order valence-electron chi connectivity index (χ3n) is 4.99. The zero-order valence-corrected chi connectivity index (χ0v) is 15.5. The first kappa shape index (κ1) is 18.4. The van der Waals surface area contributed by atoms with Gasteiger partial charge in [-0.15, -0.1) is 0 Å². The van der Waals surface area contributed by atoms with Gasteiger partial charge >= 0.3 is 6.03 Å². The van der Waals surface area contributed by atoms with Gasteiger partial charge in [0.05, 0.1) is 18.0 Å². The first-order valence-corrected chi connectivity index (χ1v) is 9.51. The number of benzene rings is 1. The largest absolute Gasteiger partial charge is 0.365 e. The lowest BCUT2D eigenvalue weighted by Gasteiger charge is -2.27. The molecule has 0 aliphatic carbocycles. The summed E-state index contributed by atoms with van der Waals surface area (Å²) >= 11 is 0. The molecule has 4 rings (SSSR count). The van der Waals surface area contributed by atoms with Crippen molar-refractivity contribution in [3.63, 3.8) is 0 Å². The number of ether oxygens (including phenoxy) is 1. The lowest BCUT2D eigenvalue weighted by molar-refractivity contribution is -0.120. The number of aromatic nitrogens is 1. The van der Waals surface area contributed by atoms with Crippen LogP contribution in [0.15, 0.2) is 30.6 Å². The highest BCUT2D eigenvalue weighted by atomic mass is 16.5. The van der Waals surface area contributed by atoms with Crippen LogP contribution >= 0.6 is 0 Å². The number of imide groups is 1. The highest BCUT2D eigenvalue weighted by Gasteiger charge is 2.25. The molecule has 0 saturated carbocycles. The lowest BCUT2D eigenvalue weighted by Crippen LogP contribution is -2.49. The van der Waals surface area contributed by atoms with Crippen molar-refractivity contribution in [2.24, 2.45) is 0 Å². The SMILES string of the molecule is O=C1CCN(c2cncc3cc(C#CCOC4CCNCC4)ccc23)C(=O)N1.